The van der Waals surface area contributed by atoms with Crippen LogP contribution in [0.1, 0.15) is 25.8 Å². The lowest BCUT2D eigenvalue weighted by Crippen LogP contribution is -2.35. The Bertz CT molecular complexity index is 636. The zero-order chi connectivity index (χ0) is 14.7. The molecule has 2 aromatic rings. The lowest BCUT2D eigenvalue weighted by molar-refractivity contribution is 0.632. The van der Waals surface area contributed by atoms with Crippen LogP contribution in [-0.2, 0) is 0 Å². The van der Waals surface area contributed by atoms with Crippen molar-refractivity contribution in [3.63, 3.8) is 0 Å². The van der Waals surface area contributed by atoms with Crippen LogP contribution in [-0.4, -0.2) is 22.6 Å². The Morgan fingerprint density at radius 3 is 2.86 bits per heavy atom. The number of para-hydroxylation sites is 1. The van der Waals surface area contributed by atoms with Gasteiger partial charge in [0.25, 0.3) is 0 Å². The van der Waals surface area contributed by atoms with Gasteiger partial charge in [-0.25, -0.2) is 4.98 Å². The molecular weight excluding hydrogens is 260 g/mol. The Hall–Kier alpha value is -2.36. The Morgan fingerprint density at radius 1 is 1.29 bits per heavy atom. The first-order chi connectivity index (χ1) is 10.3. The molecule has 0 aliphatic carbocycles. The van der Waals surface area contributed by atoms with E-state index >= 15 is 0 Å². The van der Waals surface area contributed by atoms with Gasteiger partial charge in [0.05, 0.1) is 0 Å². The molecule has 1 aliphatic rings. The van der Waals surface area contributed by atoms with Crippen LogP contribution in [0, 0.1) is 0 Å². The largest absolute Gasteiger partial charge is 0.350 e. The fourth-order valence-corrected chi connectivity index (χ4v) is 2.43. The average molecular weight is 280 g/mol. The maximum absolute atomic E-state index is 4.71. The normalized spacial score (nSPS) is 14.7. The second kappa shape index (κ2) is 5.95. The van der Waals surface area contributed by atoms with E-state index in [1.165, 1.54) is 0 Å². The molecule has 0 radical (unpaired) electrons. The molecule has 0 amide bonds. The van der Waals surface area contributed by atoms with Gasteiger partial charge in [-0.15, -0.1) is 0 Å². The lowest BCUT2D eigenvalue weighted by atomic mass is 10.1. The summed E-state index contributed by atoms with van der Waals surface area (Å²) < 4.78 is 0. The summed E-state index contributed by atoms with van der Waals surface area (Å²) >= 11 is 0. The van der Waals surface area contributed by atoms with E-state index in [1.54, 1.807) is 0 Å². The molecule has 0 bridgehead atoms. The highest BCUT2D eigenvalue weighted by atomic mass is 15.2. The van der Waals surface area contributed by atoms with E-state index in [9.17, 15) is 0 Å². The first-order valence-electron chi connectivity index (χ1n) is 7.40. The molecule has 1 aromatic carbocycles. The molecule has 3 rings (SSSR count). The second-order valence-electron chi connectivity index (χ2n) is 5.28. The maximum Gasteiger partial charge on any atom is 0.229 e. The van der Waals surface area contributed by atoms with Crippen LogP contribution in [0.5, 0.6) is 0 Å². The number of fused-ring (bicyclic) bond motifs is 1. The Labute approximate surface area is 125 Å². The summed E-state index contributed by atoms with van der Waals surface area (Å²) in [5, 5.41) is 3.26. The fraction of sp³-hybridized carbons (Fsp3) is 0.294. The van der Waals surface area contributed by atoms with Crippen molar-refractivity contribution in [3.05, 3.63) is 48.2 Å². The molecule has 1 N–H and O–H groups in total. The van der Waals surface area contributed by atoms with Crippen LogP contribution in [0.25, 0.3) is 6.08 Å². The number of benzene rings is 1. The monoisotopic (exact) mass is 280 g/mol. The van der Waals surface area contributed by atoms with Gasteiger partial charge >= 0.3 is 0 Å². The van der Waals surface area contributed by atoms with E-state index < -0.39 is 0 Å². The molecule has 0 saturated carbocycles. The van der Waals surface area contributed by atoms with E-state index in [-0.39, 0.29) is 0 Å². The number of nitrogens with one attached hydrogen (secondary N) is 1. The van der Waals surface area contributed by atoms with Crippen molar-refractivity contribution in [2.75, 3.05) is 16.8 Å². The Balaban J connectivity index is 1.90. The molecule has 0 spiro atoms. The summed E-state index contributed by atoms with van der Waals surface area (Å²) in [7, 11) is 0. The van der Waals surface area contributed by atoms with Gasteiger partial charge in [0.15, 0.2) is 0 Å². The van der Waals surface area contributed by atoms with Crippen molar-refractivity contribution >= 4 is 23.5 Å². The second-order valence-corrected chi connectivity index (χ2v) is 5.28. The number of rotatable bonds is 4. The van der Waals surface area contributed by atoms with Crippen molar-refractivity contribution in [1.29, 1.82) is 0 Å². The van der Waals surface area contributed by atoms with Gasteiger partial charge in [-0.1, -0.05) is 37.3 Å². The van der Waals surface area contributed by atoms with Crippen molar-refractivity contribution in [1.82, 2.24) is 9.97 Å². The molecular formula is C17H20N4. The third-order valence-electron chi connectivity index (χ3n) is 3.82. The first kappa shape index (κ1) is 13.6. The zero-order valence-corrected chi connectivity index (χ0v) is 12.5. The molecule has 1 unspecified atom stereocenters. The zero-order valence-electron chi connectivity index (χ0n) is 12.5. The Kier molecular flexibility index (Phi) is 3.86. The van der Waals surface area contributed by atoms with Crippen LogP contribution in [0.15, 0.2) is 42.6 Å². The summed E-state index contributed by atoms with van der Waals surface area (Å²) in [4.78, 5) is 11.4. The van der Waals surface area contributed by atoms with Gasteiger partial charge in [0.2, 0.25) is 5.95 Å². The topological polar surface area (TPSA) is 41.1 Å². The number of aromatic nitrogens is 2. The number of anilines is 3. The molecule has 2 heterocycles. The van der Waals surface area contributed by atoms with Crippen LogP contribution in [0.2, 0.25) is 0 Å². The van der Waals surface area contributed by atoms with Gasteiger partial charge in [-0.3, -0.25) is 0 Å². The lowest BCUT2D eigenvalue weighted by Gasteiger charge is -2.32. The van der Waals surface area contributed by atoms with E-state index in [0.717, 1.165) is 30.0 Å². The van der Waals surface area contributed by atoms with Gasteiger partial charge in [0, 0.05) is 30.0 Å². The maximum atomic E-state index is 4.71. The van der Waals surface area contributed by atoms with E-state index in [1.807, 2.05) is 36.5 Å². The molecule has 108 valence electrons. The minimum Gasteiger partial charge on any atom is -0.350 e. The van der Waals surface area contributed by atoms with Gasteiger partial charge in [-0.05, 0) is 25.5 Å². The summed E-state index contributed by atoms with van der Waals surface area (Å²) in [6.45, 7) is 5.34. The highest BCUT2D eigenvalue weighted by Crippen LogP contribution is 2.27. The minimum absolute atomic E-state index is 0.466. The van der Waals surface area contributed by atoms with E-state index in [2.05, 4.69) is 41.2 Å². The quantitative estimate of drug-likeness (QED) is 0.923. The van der Waals surface area contributed by atoms with E-state index in [0.29, 0.717) is 12.0 Å². The summed E-state index contributed by atoms with van der Waals surface area (Å²) in [5.74, 6) is 1.66. The molecule has 21 heavy (non-hydrogen) atoms. The minimum atomic E-state index is 0.466. The highest BCUT2D eigenvalue weighted by molar-refractivity contribution is 5.69. The van der Waals surface area contributed by atoms with Crippen molar-refractivity contribution in [3.8, 4) is 0 Å². The summed E-state index contributed by atoms with van der Waals surface area (Å²) in [6, 6.07) is 10.5. The van der Waals surface area contributed by atoms with Gasteiger partial charge < -0.3 is 10.2 Å². The molecule has 4 heteroatoms. The van der Waals surface area contributed by atoms with Crippen LogP contribution >= 0.6 is 0 Å². The molecule has 1 aliphatic heterocycles. The molecule has 4 nitrogen and oxygen atoms in total. The standard InChI is InChI=1S/C17H20N4/c1-3-13(2)21-11-7-8-14-12-18-17(20-16(14)21)19-15-9-5-4-6-10-15/h4-10,12-13H,3,11H2,1-2H3,(H,18,19,20). The molecule has 1 aromatic heterocycles. The third kappa shape index (κ3) is 2.89. The van der Waals surface area contributed by atoms with Crippen molar-refractivity contribution < 1.29 is 0 Å². The first-order valence-corrected chi connectivity index (χ1v) is 7.40. The SMILES string of the molecule is CCC(C)N1CC=Cc2cnc(Nc3ccccc3)nc21. The van der Waals surface area contributed by atoms with Crippen molar-refractivity contribution in [2.45, 2.75) is 26.3 Å². The van der Waals surface area contributed by atoms with Crippen LogP contribution < -0.4 is 10.2 Å². The smallest absolute Gasteiger partial charge is 0.229 e. The van der Waals surface area contributed by atoms with E-state index in [4.69, 9.17) is 4.98 Å². The number of nitrogens with zero attached hydrogens (tertiary/aromatic N) is 3. The number of hydrogen-bond acceptors (Lipinski definition) is 4. The van der Waals surface area contributed by atoms with Gasteiger partial charge in [0.1, 0.15) is 5.82 Å². The fourth-order valence-electron chi connectivity index (χ4n) is 2.43. The summed E-state index contributed by atoms with van der Waals surface area (Å²) in [5.41, 5.74) is 2.08. The van der Waals surface area contributed by atoms with Crippen LogP contribution in [0.3, 0.4) is 0 Å². The van der Waals surface area contributed by atoms with Crippen LogP contribution in [0.4, 0.5) is 17.5 Å². The predicted molar refractivity (Wildman–Crippen MR) is 87.9 cm³/mol. The molecule has 0 saturated heterocycles. The number of hydrogen-bond donors (Lipinski definition) is 1. The molecule has 1 atom stereocenters. The third-order valence-corrected chi connectivity index (χ3v) is 3.82. The predicted octanol–water partition coefficient (Wildman–Crippen LogP) is 3.85. The highest BCUT2D eigenvalue weighted by Gasteiger charge is 2.20. The van der Waals surface area contributed by atoms with Gasteiger partial charge in [-0.2, -0.15) is 4.98 Å². The summed E-state index contributed by atoms with van der Waals surface area (Å²) in [6.07, 6.45) is 7.25. The molecule has 0 fully saturated rings. The average Bonchev–Trinajstić information content (AvgIpc) is 2.54. The van der Waals surface area contributed by atoms with Crippen molar-refractivity contribution in [2.24, 2.45) is 0 Å². The Morgan fingerprint density at radius 2 is 2.10 bits per heavy atom.